The molecule has 0 bridgehead atoms. The first kappa shape index (κ1) is 23.0. The van der Waals surface area contributed by atoms with E-state index in [-0.39, 0.29) is 28.6 Å². The molecule has 1 fully saturated rings. The van der Waals surface area contributed by atoms with Crippen LogP contribution in [0, 0.1) is 37.5 Å². The van der Waals surface area contributed by atoms with E-state index in [9.17, 15) is 4.79 Å². The van der Waals surface area contributed by atoms with Crippen LogP contribution in [0.5, 0.6) is 11.5 Å². The minimum Gasteiger partial charge on any atom is -0.504 e. The maximum absolute atomic E-state index is 11.8. The van der Waals surface area contributed by atoms with Crippen LogP contribution in [-0.2, 0) is 21.9 Å². The van der Waals surface area contributed by atoms with Gasteiger partial charge in [0.05, 0.1) is 0 Å². The summed E-state index contributed by atoms with van der Waals surface area (Å²) >= 11 is 0. The average molecular weight is 384 g/mol. The van der Waals surface area contributed by atoms with Gasteiger partial charge in [-0.25, -0.2) is 0 Å². The Bertz CT molecular complexity index is 488. The first-order valence-corrected chi connectivity index (χ1v) is 8.65. The standard InChI is InChI=1S/C12H22O.C8H10O2.Cu/c1-8(2)10-5-6-11(9(3)4)12(13)7-10;1-5-3-7(9)8(10)4-6(5)2;/h8-11H,5-7H2,1-4H3;3-4,9-10H,1-2H3;. The number of hydrogen-bond donors (Lipinski definition) is 2. The molecule has 1 aromatic rings. The Morgan fingerprint density at radius 3 is 1.71 bits per heavy atom. The molecular weight excluding hydrogens is 352 g/mol. The first-order valence-electron chi connectivity index (χ1n) is 8.65. The van der Waals surface area contributed by atoms with E-state index in [0.717, 1.165) is 24.0 Å². The molecule has 2 atom stereocenters. The van der Waals surface area contributed by atoms with Crippen LogP contribution in [0.1, 0.15) is 58.1 Å². The minimum absolute atomic E-state index is 0. The molecule has 2 N–H and O–H groups in total. The minimum atomic E-state index is -0.0527. The monoisotopic (exact) mass is 383 g/mol. The van der Waals surface area contributed by atoms with Gasteiger partial charge in [0.1, 0.15) is 5.78 Å². The molecule has 0 aliphatic heterocycles. The fourth-order valence-electron chi connectivity index (χ4n) is 3.13. The van der Waals surface area contributed by atoms with E-state index < -0.39 is 0 Å². The number of phenolic OH excluding ortho intramolecular Hbond substituents is 2. The molecule has 1 saturated carbocycles. The molecule has 0 heterocycles. The summed E-state index contributed by atoms with van der Waals surface area (Å²) in [6, 6.07) is 3.09. The summed E-state index contributed by atoms with van der Waals surface area (Å²) in [6.07, 6.45) is 3.21. The molecule has 1 radical (unpaired) electrons. The third-order valence-corrected chi connectivity index (χ3v) is 5.06. The molecular formula is C20H32CuO3. The second kappa shape index (κ2) is 10.1. The van der Waals surface area contributed by atoms with Gasteiger partial charge in [0.25, 0.3) is 0 Å². The molecule has 1 aromatic carbocycles. The predicted molar refractivity (Wildman–Crippen MR) is 94.8 cm³/mol. The molecule has 24 heavy (non-hydrogen) atoms. The third-order valence-electron chi connectivity index (χ3n) is 5.06. The summed E-state index contributed by atoms with van der Waals surface area (Å²) in [4.78, 5) is 11.8. The topological polar surface area (TPSA) is 57.5 Å². The number of hydrogen-bond acceptors (Lipinski definition) is 3. The van der Waals surface area contributed by atoms with Crippen LogP contribution in [0.25, 0.3) is 0 Å². The molecule has 4 heteroatoms. The van der Waals surface area contributed by atoms with Gasteiger partial charge in [-0.1, -0.05) is 27.7 Å². The normalized spacial score (nSPS) is 20.4. The van der Waals surface area contributed by atoms with Crippen molar-refractivity contribution in [2.24, 2.45) is 23.7 Å². The number of benzene rings is 1. The Kier molecular flexibility index (Phi) is 9.69. The Balaban J connectivity index is 0.000000436. The molecule has 141 valence electrons. The van der Waals surface area contributed by atoms with E-state index in [2.05, 4.69) is 27.7 Å². The molecule has 0 aromatic heterocycles. The largest absolute Gasteiger partial charge is 0.504 e. The molecule has 1 aliphatic carbocycles. The van der Waals surface area contributed by atoms with E-state index >= 15 is 0 Å². The smallest absolute Gasteiger partial charge is 0.157 e. The summed E-state index contributed by atoms with van der Waals surface area (Å²) in [5, 5.41) is 17.9. The quantitative estimate of drug-likeness (QED) is 0.558. The van der Waals surface area contributed by atoms with Crippen molar-refractivity contribution in [3.8, 4) is 11.5 Å². The molecule has 2 rings (SSSR count). The molecule has 3 nitrogen and oxygen atoms in total. The number of carbonyl (C=O) groups is 1. The zero-order valence-electron chi connectivity index (χ0n) is 15.7. The fourth-order valence-corrected chi connectivity index (χ4v) is 3.13. The van der Waals surface area contributed by atoms with Gasteiger partial charge in [0.15, 0.2) is 11.5 Å². The Labute approximate surface area is 157 Å². The average Bonchev–Trinajstić information content (AvgIpc) is 2.45. The van der Waals surface area contributed by atoms with Crippen LogP contribution in [-0.4, -0.2) is 16.0 Å². The predicted octanol–water partition coefficient (Wildman–Crippen LogP) is 5.00. The van der Waals surface area contributed by atoms with Gasteiger partial charge >= 0.3 is 0 Å². The van der Waals surface area contributed by atoms with Crippen LogP contribution in [0.3, 0.4) is 0 Å². The van der Waals surface area contributed by atoms with Gasteiger partial charge in [-0.2, -0.15) is 0 Å². The number of Topliss-reactive ketones (excluding diaryl/α,β-unsaturated/α-hetero) is 1. The summed E-state index contributed by atoms with van der Waals surface area (Å²) in [5.41, 5.74) is 1.96. The van der Waals surface area contributed by atoms with E-state index in [1.807, 2.05) is 13.8 Å². The second-order valence-electron chi connectivity index (χ2n) is 7.53. The Morgan fingerprint density at radius 2 is 1.38 bits per heavy atom. The van der Waals surface area contributed by atoms with Crippen molar-refractivity contribution in [1.82, 2.24) is 0 Å². The zero-order chi connectivity index (χ0) is 17.7. The van der Waals surface area contributed by atoms with Crippen molar-refractivity contribution >= 4 is 5.78 Å². The van der Waals surface area contributed by atoms with E-state index in [0.29, 0.717) is 29.5 Å². The van der Waals surface area contributed by atoms with Crippen LogP contribution >= 0.6 is 0 Å². The maximum Gasteiger partial charge on any atom is 0.157 e. The first-order chi connectivity index (χ1) is 10.6. The summed E-state index contributed by atoms with van der Waals surface area (Å²) in [6.45, 7) is 12.6. The van der Waals surface area contributed by atoms with Gasteiger partial charge in [0.2, 0.25) is 0 Å². The fraction of sp³-hybridized carbons (Fsp3) is 0.650. The van der Waals surface area contributed by atoms with Crippen LogP contribution in [0.2, 0.25) is 0 Å². The van der Waals surface area contributed by atoms with Gasteiger partial charge in [-0.05, 0) is 67.7 Å². The van der Waals surface area contributed by atoms with Gasteiger partial charge in [0, 0.05) is 29.4 Å². The van der Waals surface area contributed by atoms with Crippen molar-refractivity contribution in [3.63, 3.8) is 0 Å². The van der Waals surface area contributed by atoms with Crippen molar-refractivity contribution in [3.05, 3.63) is 23.3 Å². The maximum atomic E-state index is 11.8. The molecule has 0 amide bonds. The number of aryl methyl sites for hydroxylation is 2. The van der Waals surface area contributed by atoms with Gasteiger partial charge in [-0.15, -0.1) is 0 Å². The number of aromatic hydroxyl groups is 2. The van der Waals surface area contributed by atoms with Crippen molar-refractivity contribution in [2.75, 3.05) is 0 Å². The van der Waals surface area contributed by atoms with E-state index in [1.165, 1.54) is 6.42 Å². The van der Waals surface area contributed by atoms with Gasteiger partial charge < -0.3 is 10.2 Å². The second-order valence-corrected chi connectivity index (χ2v) is 7.53. The van der Waals surface area contributed by atoms with E-state index in [4.69, 9.17) is 10.2 Å². The third kappa shape index (κ3) is 6.49. The number of ketones is 1. The Morgan fingerprint density at radius 1 is 0.917 bits per heavy atom. The summed E-state index contributed by atoms with van der Waals surface area (Å²) < 4.78 is 0. The molecule has 0 saturated heterocycles. The number of rotatable bonds is 2. The van der Waals surface area contributed by atoms with Crippen LogP contribution in [0.4, 0.5) is 0 Å². The van der Waals surface area contributed by atoms with Crippen molar-refractivity contribution < 1.29 is 32.1 Å². The van der Waals surface area contributed by atoms with Crippen LogP contribution < -0.4 is 0 Å². The number of phenols is 2. The zero-order valence-corrected chi connectivity index (χ0v) is 16.6. The van der Waals surface area contributed by atoms with Crippen LogP contribution in [0.15, 0.2) is 12.1 Å². The van der Waals surface area contributed by atoms with E-state index in [1.54, 1.807) is 12.1 Å². The number of carbonyl (C=O) groups excluding carboxylic acids is 1. The van der Waals surface area contributed by atoms with Gasteiger partial charge in [-0.3, -0.25) is 4.79 Å². The summed E-state index contributed by atoms with van der Waals surface area (Å²) in [5.74, 6) is 2.64. The van der Waals surface area contributed by atoms with Crippen molar-refractivity contribution in [2.45, 2.75) is 60.8 Å². The van der Waals surface area contributed by atoms with Crippen molar-refractivity contribution in [1.29, 1.82) is 0 Å². The molecule has 2 unspecified atom stereocenters. The summed E-state index contributed by atoms with van der Waals surface area (Å²) in [7, 11) is 0. The molecule has 1 aliphatic rings. The molecule has 0 spiro atoms. The Hall–Kier alpha value is -0.991. The SMILES string of the molecule is CC(C)C1CCC(C(C)C)C(=O)C1.Cc1cc(O)c(O)cc1C.[Cu].